The van der Waals surface area contributed by atoms with E-state index in [0.29, 0.717) is 18.9 Å². The molecule has 1 N–H and O–H groups in total. The summed E-state index contributed by atoms with van der Waals surface area (Å²) in [5.41, 5.74) is -1.84. The zero-order valence-electron chi connectivity index (χ0n) is 14.8. The minimum atomic E-state index is -4.77. The molecule has 0 amide bonds. The molecule has 1 aromatic heterocycles. The van der Waals surface area contributed by atoms with Gasteiger partial charge in [-0.3, -0.25) is 4.79 Å². The third kappa shape index (κ3) is 3.96. The molecule has 2 aromatic rings. The van der Waals surface area contributed by atoms with Gasteiger partial charge in [0.15, 0.2) is 6.10 Å². The SMILES string of the molecule is COC(C1CCCCN1c1ccc2[nH]c(=O)cc(C(F)(F)F)c2c1)C(F)(F)F. The molecule has 1 aliphatic rings. The minimum Gasteiger partial charge on any atom is -0.370 e. The van der Waals surface area contributed by atoms with Crippen LogP contribution < -0.4 is 10.5 Å². The molecule has 1 saturated heterocycles. The van der Waals surface area contributed by atoms with Gasteiger partial charge >= 0.3 is 12.4 Å². The Labute approximate surface area is 156 Å². The van der Waals surface area contributed by atoms with Gasteiger partial charge in [-0.1, -0.05) is 0 Å². The van der Waals surface area contributed by atoms with Crippen molar-refractivity contribution < 1.29 is 31.1 Å². The van der Waals surface area contributed by atoms with Crippen LogP contribution in [0.4, 0.5) is 32.0 Å². The van der Waals surface area contributed by atoms with E-state index in [2.05, 4.69) is 4.98 Å². The number of aromatic amines is 1. The van der Waals surface area contributed by atoms with Crippen molar-refractivity contribution in [2.24, 2.45) is 0 Å². The molecule has 0 saturated carbocycles. The number of nitrogens with one attached hydrogen (secondary N) is 1. The number of ether oxygens (including phenoxy) is 1. The van der Waals surface area contributed by atoms with Crippen molar-refractivity contribution in [3.8, 4) is 0 Å². The molecule has 1 fully saturated rings. The third-order valence-electron chi connectivity index (χ3n) is 4.94. The Morgan fingerprint density at radius 3 is 2.46 bits per heavy atom. The van der Waals surface area contributed by atoms with Crippen LogP contribution in [0, 0.1) is 0 Å². The van der Waals surface area contributed by atoms with E-state index in [1.807, 2.05) is 0 Å². The van der Waals surface area contributed by atoms with Crippen LogP contribution in [-0.4, -0.2) is 37.0 Å². The molecule has 2 heterocycles. The second-order valence-electron chi connectivity index (χ2n) is 6.73. The van der Waals surface area contributed by atoms with Crippen LogP contribution in [0.1, 0.15) is 24.8 Å². The summed E-state index contributed by atoms with van der Waals surface area (Å²) >= 11 is 0. The fourth-order valence-corrected chi connectivity index (χ4v) is 3.76. The number of piperidine rings is 1. The van der Waals surface area contributed by atoms with E-state index in [1.165, 1.54) is 23.1 Å². The van der Waals surface area contributed by atoms with E-state index in [-0.39, 0.29) is 29.6 Å². The molecule has 0 bridgehead atoms. The Kier molecular flexibility index (Phi) is 5.35. The van der Waals surface area contributed by atoms with Crippen LogP contribution in [0.25, 0.3) is 10.9 Å². The van der Waals surface area contributed by atoms with Crippen molar-refractivity contribution in [3.63, 3.8) is 0 Å². The second-order valence-corrected chi connectivity index (χ2v) is 6.73. The van der Waals surface area contributed by atoms with Gasteiger partial charge in [0, 0.05) is 36.3 Å². The molecule has 2 atom stereocenters. The smallest absolute Gasteiger partial charge is 0.370 e. The highest BCUT2D eigenvalue weighted by atomic mass is 19.4. The number of pyridine rings is 1. The number of nitrogens with zero attached hydrogens (tertiary/aromatic N) is 1. The number of hydrogen-bond acceptors (Lipinski definition) is 3. The molecule has 0 radical (unpaired) electrons. The van der Waals surface area contributed by atoms with E-state index < -0.39 is 35.6 Å². The molecule has 1 aromatic carbocycles. The largest absolute Gasteiger partial charge is 0.417 e. The maximum absolute atomic E-state index is 13.4. The maximum Gasteiger partial charge on any atom is 0.417 e. The van der Waals surface area contributed by atoms with Gasteiger partial charge < -0.3 is 14.6 Å². The lowest BCUT2D eigenvalue weighted by Gasteiger charge is -2.41. The predicted molar refractivity (Wildman–Crippen MR) is 91.4 cm³/mol. The number of rotatable bonds is 3. The van der Waals surface area contributed by atoms with Gasteiger partial charge in [0.1, 0.15) is 0 Å². The van der Waals surface area contributed by atoms with Crippen LogP contribution in [0.2, 0.25) is 0 Å². The van der Waals surface area contributed by atoms with E-state index in [1.54, 1.807) is 0 Å². The Bertz CT molecular complexity index is 906. The maximum atomic E-state index is 13.4. The molecule has 2 unspecified atom stereocenters. The van der Waals surface area contributed by atoms with E-state index in [9.17, 15) is 31.1 Å². The van der Waals surface area contributed by atoms with Crippen molar-refractivity contribution in [2.45, 2.75) is 43.8 Å². The fraction of sp³-hybridized carbons (Fsp3) is 0.500. The van der Waals surface area contributed by atoms with Crippen molar-refractivity contribution >= 4 is 16.6 Å². The fourth-order valence-electron chi connectivity index (χ4n) is 3.76. The number of alkyl halides is 6. The van der Waals surface area contributed by atoms with Crippen molar-refractivity contribution in [1.82, 2.24) is 4.98 Å². The molecular weight excluding hydrogens is 390 g/mol. The average Bonchev–Trinajstić information content (AvgIpc) is 2.60. The first-order chi connectivity index (χ1) is 13.0. The summed E-state index contributed by atoms with van der Waals surface area (Å²) in [6.45, 7) is 0.261. The van der Waals surface area contributed by atoms with Crippen LogP contribution in [0.3, 0.4) is 0 Å². The van der Waals surface area contributed by atoms with Gasteiger partial charge in [-0.2, -0.15) is 26.3 Å². The number of hydrogen-bond donors (Lipinski definition) is 1. The van der Waals surface area contributed by atoms with Crippen molar-refractivity contribution in [1.29, 1.82) is 0 Å². The highest BCUT2D eigenvalue weighted by molar-refractivity contribution is 5.86. The van der Waals surface area contributed by atoms with Crippen LogP contribution in [0.15, 0.2) is 29.1 Å². The van der Waals surface area contributed by atoms with Gasteiger partial charge in [0.25, 0.3) is 0 Å². The first kappa shape index (κ1) is 20.5. The standard InChI is InChI=1S/C18H18F6N2O2/c1-28-16(18(22,23)24)14-4-2-3-7-26(14)10-5-6-13-11(8-10)12(17(19,20)21)9-15(27)25-13/h5-6,8-9,14,16H,2-4,7H2,1H3,(H,25,27). The lowest BCUT2D eigenvalue weighted by Crippen LogP contribution is -2.53. The van der Waals surface area contributed by atoms with Gasteiger partial charge in [-0.15, -0.1) is 0 Å². The normalized spacial score (nSPS) is 19.8. The van der Waals surface area contributed by atoms with Crippen LogP contribution >= 0.6 is 0 Å². The summed E-state index contributed by atoms with van der Waals surface area (Å²) in [5.74, 6) is 0. The number of benzene rings is 1. The van der Waals surface area contributed by atoms with Gasteiger partial charge in [0.05, 0.1) is 11.6 Å². The predicted octanol–water partition coefficient (Wildman–Crippen LogP) is 4.48. The van der Waals surface area contributed by atoms with Gasteiger partial charge in [-0.05, 0) is 37.5 Å². The lowest BCUT2D eigenvalue weighted by atomic mass is 9.95. The quantitative estimate of drug-likeness (QED) is 0.762. The van der Waals surface area contributed by atoms with E-state index >= 15 is 0 Å². The molecule has 0 aliphatic carbocycles. The summed E-state index contributed by atoms with van der Waals surface area (Å²) < 4.78 is 84.9. The van der Waals surface area contributed by atoms with Gasteiger partial charge in [0.2, 0.25) is 5.56 Å². The summed E-state index contributed by atoms with van der Waals surface area (Å²) in [7, 11) is 0.970. The number of halogens is 6. The summed E-state index contributed by atoms with van der Waals surface area (Å²) in [5, 5.41) is -0.269. The Balaban J connectivity index is 2.11. The molecule has 10 heteroatoms. The van der Waals surface area contributed by atoms with Crippen molar-refractivity contribution in [2.75, 3.05) is 18.6 Å². The van der Waals surface area contributed by atoms with Crippen LogP contribution in [-0.2, 0) is 10.9 Å². The van der Waals surface area contributed by atoms with Crippen LogP contribution in [0.5, 0.6) is 0 Å². The molecule has 28 heavy (non-hydrogen) atoms. The molecular formula is C18H18F6N2O2. The second kappa shape index (κ2) is 7.31. The summed E-state index contributed by atoms with van der Waals surface area (Å²) in [6, 6.07) is 3.28. The third-order valence-corrected chi connectivity index (χ3v) is 4.94. The van der Waals surface area contributed by atoms with E-state index in [4.69, 9.17) is 4.74 Å². The first-order valence-electron chi connectivity index (χ1n) is 8.63. The van der Waals surface area contributed by atoms with E-state index in [0.717, 1.165) is 7.11 Å². The number of aromatic nitrogens is 1. The minimum absolute atomic E-state index is 0.0313. The summed E-state index contributed by atoms with van der Waals surface area (Å²) in [4.78, 5) is 15.3. The highest BCUT2D eigenvalue weighted by Gasteiger charge is 2.48. The average molecular weight is 408 g/mol. The topological polar surface area (TPSA) is 45.3 Å². The van der Waals surface area contributed by atoms with Gasteiger partial charge in [-0.25, -0.2) is 0 Å². The molecule has 0 spiro atoms. The Morgan fingerprint density at radius 1 is 1.14 bits per heavy atom. The highest BCUT2D eigenvalue weighted by Crippen LogP contribution is 2.38. The zero-order valence-corrected chi connectivity index (χ0v) is 14.8. The number of methoxy groups -OCH3 is 1. The number of H-pyrrole nitrogens is 1. The lowest BCUT2D eigenvalue weighted by molar-refractivity contribution is -0.220. The first-order valence-corrected chi connectivity index (χ1v) is 8.63. The Morgan fingerprint density at radius 2 is 1.86 bits per heavy atom. The molecule has 4 nitrogen and oxygen atoms in total. The molecule has 154 valence electrons. The summed E-state index contributed by atoms with van der Waals surface area (Å²) in [6.07, 6.45) is -10.1. The zero-order chi connectivity index (χ0) is 20.7. The molecule has 1 aliphatic heterocycles. The number of fused-ring (bicyclic) bond motifs is 1. The van der Waals surface area contributed by atoms with Crippen molar-refractivity contribution in [3.05, 3.63) is 40.2 Å². The Hall–Kier alpha value is -2.23. The monoisotopic (exact) mass is 408 g/mol. The molecule has 3 rings (SSSR count). The number of anilines is 1.